The largest absolute Gasteiger partial charge is 0.391 e. The Balaban J connectivity index is 2.96. The van der Waals surface area contributed by atoms with Gasteiger partial charge >= 0.3 is 0 Å². The van der Waals surface area contributed by atoms with Gasteiger partial charge in [-0.3, -0.25) is 0 Å². The summed E-state index contributed by atoms with van der Waals surface area (Å²) in [6, 6.07) is 0. The fourth-order valence-electron chi connectivity index (χ4n) is 1.04. The minimum Gasteiger partial charge on any atom is -0.391 e. The fourth-order valence-corrected chi connectivity index (χ4v) is 1.04. The summed E-state index contributed by atoms with van der Waals surface area (Å²) < 4.78 is 64.4. The van der Waals surface area contributed by atoms with E-state index in [9.17, 15) is 22.0 Å². The molecule has 0 amide bonds. The van der Waals surface area contributed by atoms with E-state index in [0.717, 1.165) is 6.21 Å². The topological polar surface area (TPSA) is 21.6 Å². The first-order chi connectivity index (χ1) is 8.50. The average molecular weight is 265 g/mol. The Morgan fingerprint density at radius 3 is 1.94 bits per heavy atom. The van der Waals surface area contributed by atoms with E-state index in [1.807, 2.05) is 0 Å². The summed E-state index contributed by atoms with van der Waals surface area (Å²) in [4.78, 5) is 4.42. The van der Waals surface area contributed by atoms with Crippen LogP contribution >= 0.6 is 0 Å². The van der Waals surface area contributed by atoms with Crippen LogP contribution in [0.25, 0.3) is 0 Å². The van der Waals surface area contributed by atoms with Crippen LogP contribution in [0.15, 0.2) is 17.3 Å². The van der Waals surface area contributed by atoms with E-state index in [2.05, 4.69) is 9.99 Å². The third-order valence-corrected chi connectivity index (χ3v) is 1.92. The number of hydrogen-bond donors (Lipinski definition) is 0. The van der Waals surface area contributed by atoms with Crippen LogP contribution < -0.4 is 0 Å². The highest BCUT2D eigenvalue weighted by molar-refractivity contribution is 5.70. The molecule has 0 aliphatic heterocycles. The predicted molar refractivity (Wildman–Crippen MR) is 54.3 cm³/mol. The molecule has 2 nitrogen and oxygen atoms in total. The highest BCUT2D eigenvalue weighted by Crippen LogP contribution is 2.23. The van der Waals surface area contributed by atoms with Gasteiger partial charge < -0.3 is 4.84 Å². The van der Waals surface area contributed by atoms with Crippen molar-refractivity contribution in [3.63, 3.8) is 0 Å². The van der Waals surface area contributed by atoms with Gasteiger partial charge in [0, 0.05) is 0 Å². The summed E-state index contributed by atoms with van der Waals surface area (Å²) in [5.74, 6) is -10.1. The second-order valence-corrected chi connectivity index (χ2v) is 3.10. The molecule has 0 aliphatic rings. The van der Waals surface area contributed by atoms with Gasteiger partial charge in [0.1, 0.15) is 6.61 Å². The van der Waals surface area contributed by atoms with E-state index in [1.165, 1.54) is 6.08 Å². The van der Waals surface area contributed by atoms with Gasteiger partial charge in [-0.25, -0.2) is 22.0 Å². The molecule has 0 N–H and O–H groups in total. The van der Waals surface area contributed by atoms with E-state index < -0.39 is 41.3 Å². The van der Waals surface area contributed by atoms with Gasteiger partial charge in [-0.15, -0.1) is 0 Å². The molecule has 0 aromatic heterocycles. The Labute approximate surface area is 99.4 Å². The molecule has 0 radical (unpaired) electrons. The standard InChI is InChI=1S/C11H8F5NO/c1-2-3-4-17-18-5-6-7(12)9(14)11(16)10(15)8(6)13/h2-4H,5H2,1H3/b3-2+,17-4?. The summed E-state index contributed by atoms with van der Waals surface area (Å²) in [5, 5.41) is 3.24. The van der Waals surface area contributed by atoms with E-state index in [1.54, 1.807) is 13.0 Å². The molecule has 0 atom stereocenters. The Morgan fingerprint density at radius 1 is 0.944 bits per heavy atom. The number of hydrogen-bond acceptors (Lipinski definition) is 2. The second-order valence-electron chi connectivity index (χ2n) is 3.10. The molecular weight excluding hydrogens is 257 g/mol. The first-order valence-electron chi connectivity index (χ1n) is 4.77. The van der Waals surface area contributed by atoms with Crippen molar-refractivity contribution in [3.05, 3.63) is 46.8 Å². The highest BCUT2D eigenvalue weighted by atomic mass is 19.2. The summed E-state index contributed by atoms with van der Waals surface area (Å²) in [5.41, 5.74) is -1.07. The van der Waals surface area contributed by atoms with E-state index in [-0.39, 0.29) is 0 Å². The van der Waals surface area contributed by atoms with Gasteiger partial charge in [-0.1, -0.05) is 11.2 Å². The zero-order valence-electron chi connectivity index (χ0n) is 9.18. The SMILES string of the molecule is C/C=C/C=NOCc1c(F)c(F)c(F)c(F)c1F. The van der Waals surface area contributed by atoms with Crippen molar-refractivity contribution in [1.29, 1.82) is 0 Å². The van der Waals surface area contributed by atoms with Crippen LogP contribution in [0, 0.1) is 29.1 Å². The van der Waals surface area contributed by atoms with Crippen LogP contribution in [0.1, 0.15) is 12.5 Å². The minimum atomic E-state index is -2.20. The smallest absolute Gasteiger partial charge is 0.200 e. The highest BCUT2D eigenvalue weighted by Gasteiger charge is 2.25. The zero-order chi connectivity index (χ0) is 13.7. The number of nitrogens with zero attached hydrogens (tertiary/aromatic N) is 1. The molecular formula is C11H8F5NO. The number of halogens is 5. The van der Waals surface area contributed by atoms with E-state index in [0.29, 0.717) is 0 Å². The van der Waals surface area contributed by atoms with Crippen molar-refractivity contribution in [1.82, 2.24) is 0 Å². The Kier molecular flexibility index (Phi) is 4.82. The molecule has 7 heteroatoms. The molecule has 0 unspecified atom stereocenters. The van der Waals surface area contributed by atoms with Crippen LogP contribution in [-0.2, 0) is 11.4 Å². The lowest BCUT2D eigenvalue weighted by Gasteiger charge is -2.06. The van der Waals surface area contributed by atoms with Gasteiger partial charge in [0.05, 0.1) is 11.8 Å². The zero-order valence-corrected chi connectivity index (χ0v) is 9.18. The maximum absolute atomic E-state index is 13.1. The summed E-state index contributed by atoms with van der Waals surface area (Å²) in [6.45, 7) is 0.829. The maximum Gasteiger partial charge on any atom is 0.200 e. The second kappa shape index (κ2) is 6.13. The fraction of sp³-hybridized carbons (Fsp3) is 0.182. The predicted octanol–water partition coefficient (Wildman–Crippen LogP) is 3.46. The lowest BCUT2D eigenvalue weighted by Crippen LogP contribution is -2.07. The molecule has 0 saturated heterocycles. The Bertz CT molecular complexity index is 470. The monoisotopic (exact) mass is 265 g/mol. The van der Waals surface area contributed by atoms with Crippen LogP contribution in [0.2, 0.25) is 0 Å². The molecule has 0 bridgehead atoms. The molecule has 0 saturated carbocycles. The van der Waals surface area contributed by atoms with E-state index >= 15 is 0 Å². The lowest BCUT2D eigenvalue weighted by atomic mass is 10.2. The molecule has 1 aromatic carbocycles. The lowest BCUT2D eigenvalue weighted by molar-refractivity contribution is 0.124. The van der Waals surface area contributed by atoms with Crippen molar-refractivity contribution >= 4 is 6.21 Å². The molecule has 0 heterocycles. The number of rotatable bonds is 4. The van der Waals surface area contributed by atoms with Crippen LogP contribution in [0.5, 0.6) is 0 Å². The van der Waals surface area contributed by atoms with Gasteiger partial charge in [0.25, 0.3) is 0 Å². The summed E-state index contributed by atoms with van der Waals surface area (Å²) in [6.07, 6.45) is 4.22. The Hall–Kier alpha value is -1.92. The average Bonchev–Trinajstić information content (AvgIpc) is 2.37. The van der Waals surface area contributed by atoms with Crippen LogP contribution in [0.3, 0.4) is 0 Å². The van der Waals surface area contributed by atoms with Gasteiger partial charge in [0.2, 0.25) is 5.82 Å². The number of oxime groups is 1. The normalized spacial score (nSPS) is 11.7. The van der Waals surface area contributed by atoms with Gasteiger partial charge in [-0.2, -0.15) is 0 Å². The molecule has 98 valence electrons. The number of allylic oxidation sites excluding steroid dienone is 2. The molecule has 1 rings (SSSR count). The maximum atomic E-state index is 13.1. The molecule has 18 heavy (non-hydrogen) atoms. The van der Waals surface area contributed by atoms with Crippen molar-refractivity contribution in [2.24, 2.45) is 5.16 Å². The molecule has 0 spiro atoms. The summed E-state index contributed by atoms with van der Waals surface area (Å²) in [7, 11) is 0. The molecule has 0 fully saturated rings. The number of benzene rings is 1. The molecule has 1 aromatic rings. The quantitative estimate of drug-likeness (QED) is 0.268. The molecule has 0 aliphatic carbocycles. The van der Waals surface area contributed by atoms with Crippen LogP contribution in [-0.4, -0.2) is 6.21 Å². The minimum absolute atomic E-state index is 0.861. The van der Waals surface area contributed by atoms with Gasteiger partial charge in [-0.05, 0) is 13.0 Å². The summed E-state index contributed by atoms with van der Waals surface area (Å²) >= 11 is 0. The third-order valence-electron chi connectivity index (χ3n) is 1.92. The van der Waals surface area contributed by atoms with Crippen LogP contribution in [0.4, 0.5) is 22.0 Å². The van der Waals surface area contributed by atoms with Crippen molar-refractivity contribution in [3.8, 4) is 0 Å². The first-order valence-corrected chi connectivity index (χ1v) is 4.77. The first kappa shape index (κ1) is 14.1. The van der Waals surface area contributed by atoms with Crippen molar-refractivity contribution in [2.45, 2.75) is 13.5 Å². The van der Waals surface area contributed by atoms with Crippen molar-refractivity contribution in [2.75, 3.05) is 0 Å². The third kappa shape index (κ3) is 2.85. The van der Waals surface area contributed by atoms with E-state index in [4.69, 9.17) is 0 Å². The van der Waals surface area contributed by atoms with Crippen molar-refractivity contribution < 1.29 is 26.8 Å². The Morgan fingerprint density at radius 2 is 1.44 bits per heavy atom. The van der Waals surface area contributed by atoms with Gasteiger partial charge in [0.15, 0.2) is 23.3 Å².